The highest BCUT2D eigenvalue weighted by Gasteiger charge is 2.26. The van der Waals surface area contributed by atoms with Crippen LogP contribution in [0.1, 0.15) is 32.3 Å². The number of hydrogen-bond acceptors (Lipinski definition) is 3. The second-order valence-corrected chi connectivity index (χ2v) is 5.86. The van der Waals surface area contributed by atoms with Crippen molar-refractivity contribution in [3.8, 4) is 6.07 Å². The molecular weight excluding hydrogens is 302 g/mol. The molecule has 1 aliphatic rings. The molecule has 0 saturated carbocycles. The molecule has 1 aromatic carbocycles. The fourth-order valence-corrected chi connectivity index (χ4v) is 3.05. The lowest BCUT2D eigenvalue weighted by Gasteiger charge is -2.41. The molecule has 0 amide bonds. The Kier molecular flexibility index (Phi) is 4.84. The van der Waals surface area contributed by atoms with E-state index in [0.29, 0.717) is 17.6 Å². The highest BCUT2D eigenvalue weighted by Crippen LogP contribution is 2.27. The quantitative estimate of drug-likeness (QED) is 0.928. The predicted molar refractivity (Wildman–Crippen MR) is 82.4 cm³/mol. The van der Waals surface area contributed by atoms with Gasteiger partial charge in [-0.15, -0.1) is 0 Å². The van der Waals surface area contributed by atoms with Gasteiger partial charge in [-0.1, -0.05) is 13.8 Å². The molecule has 1 fully saturated rings. The zero-order valence-corrected chi connectivity index (χ0v) is 13.1. The van der Waals surface area contributed by atoms with Crippen LogP contribution in [0, 0.1) is 11.3 Å². The van der Waals surface area contributed by atoms with E-state index in [4.69, 9.17) is 5.26 Å². The van der Waals surface area contributed by atoms with Crippen molar-refractivity contribution >= 4 is 21.6 Å². The van der Waals surface area contributed by atoms with Crippen LogP contribution < -0.4 is 10.2 Å². The molecule has 1 N–H and O–H groups in total. The van der Waals surface area contributed by atoms with Crippen LogP contribution in [0.25, 0.3) is 0 Å². The third-order valence-electron chi connectivity index (χ3n) is 3.87. The zero-order valence-electron chi connectivity index (χ0n) is 11.5. The molecule has 0 bridgehead atoms. The van der Waals surface area contributed by atoms with Gasteiger partial charge in [0.2, 0.25) is 0 Å². The maximum absolute atomic E-state index is 8.99. The maximum atomic E-state index is 8.99. The number of hydrogen-bond donors (Lipinski definition) is 1. The van der Waals surface area contributed by atoms with E-state index in [1.54, 1.807) is 0 Å². The molecule has 1 aliphatic heterocycles. The summed E-state index contributed by atoms with van der Waals surface area (Å²) in [6, 6.07) is 9.30. The zero-order chi connectivity index (χ0) is 13.8. The van der Waals surface area contributed by atoms with Crippen molar-refractivity contribution in [2.24, 2.45) is 0 Å². The number of benzene rings is 1. The number of rotatable bonds is 3. The topological polar surface area (TPSA) is 39.1 Å². The number of halogens is 1. The lowest BCUT2D eigenvalue weighted by Crippen LogP contribution is -2.56. The number of anilines is 1. The van der Waals surface area contributed by atoms with Crippen molar-refractivity contribution in [2.75, 3.05) is 18.0 Å². The van der Waals surface area contributed by atoms with E-state index in [9.17, 15) is 0 Å². The Bertz CT molecular complexity index is 481. The third kappa shape index (κ3) is 3.10. The van der Waals surface area contributed by atoms with E-state index in [-0.39, 0.29) is 0 Å². The van der Waals surface area contributed by atoms with Crippen molar-refractivity contribution in [2.45, 2.75) is 38.8 Å². The van der Waals surface area contributed by atoms with Crippen LogP contribution in [0.3, 0.4) is 0 Å². The largest absolute Gasteiger partial charge is 0.366 e. The summed E-state index contributed by atoms with van der Waals surface area (Å²) < 4.78 is 0.883. The van der Waals surface area contributed by atoms with Gasteiger partial charge in [0.25, 0.3) is 0 Å². The number of nitriles is 1. The minimum absolute atomic E-state index is 0.530. The molecule has 2 rings (SSSR count). The van der Waals surface area contributed by atoms with Gasteiger partial charge in [-0.2, -0.15) is 5.26 Å². The van der Waals surface area contributed by atoms with Crippen molar-refractivity contribution in [3.63, 3.8) is 0 Å². The van der Waals surface area contributed by atoms with E-state index in [1.807, 2.05) is 6.07 Å². The number of nitrogens with one attached hydrogen (secondary N) is 1. The molecule has 1 aromatic rings. The second kappa shape index (κ2) is 6.40. The van der Waals surface area contributed by atoms with Crippen LogP contribution in [0.5, 0.6) is 0 Å². The van der Waals surface area contributed by atoms with Gasteiger partial charge < -0.3 is 10.2 Å². The number of nitrogens with zero attached hydrogens (tertiary/aromatic N) is 2. The second-order valence-electron chi connectivity index (χ2n) is 5.00. The molecule has 2 atom stereocenters. The molecule has 0 radical (unpaired) electrons. The van der Waals surface area contributed by atoms with Crippen LogP contribution in [0.4, 0.5) is 5.69 Å². The molecular formula is C15H20BrN3. The Morgan fingerprint density at radius 1 is 1.42 bits per heavy atom. The molecule has 19 heavy (non-hydrogen) atoms. The summed E-state index contributed by atoms with van der Waals surface area (Å²) in [5.74, 6) is 0. The Morgan fingerprint density at radius 2 is 2.21 bits per heavy atom. The summed E-state index contributed by atoms with van der Waals surface area (Å²) in [5.41, 5.74) is 1.90. The summed E-state index contributed by atoms with van der Waals surface area (Å²) in [6.45, 7) is 6.51. The Labute approximate surface area is 123 Å². The fraction of sp³-hybridized carbons (Fsp3) is 0.533. The smallest absolute Gasteiger partial charge is 0.100 e. The standard InChI is InChI=1S/C15H20BrN3/c1-3-12-10-19(13(4-2)9-18-12)14-6-5-11(8-17)15(16)7-14/h5-7,12-13,18H,3-4,9-10H2,1-2H3. The molecule has 3 nitrogen and oxygen atoms in total. The van der Waals surface area contributed by atoms with Gasteiger partial charge >= 0.3 is 0 Å². The Hall–Kier alpha value is -1.05. The molecule has 4 heteroatoms. The lowest BCUT2D eigenvalue weighted by atomic mass is 10.0. The van der Waals surface area contributed by atoms with Crippen molar-refractivity contribution < 1.29 is 0 Å². The van der Waals surface area contributed by atoms with Gasteiger partial charge in [0.1, 0.15) is 6.07 Å². The van der Waals surface area contributed by atoms with Crippen molar-refractivity contribution in [3.05, 3.63) is 28.2 Å². The van der Waals surface area contributed by atoms with E-state index < -0.39 is 0 Å². The van der Waals surface area contributed by atoms with Gasteiger partial charge in [-0.25, -0.2) is 0 Å². The van der Waals surface area contributed by atoms with E-state index >= 15 is 0 Å². The van der Waals surface area contributed by atoms with E-state index in [1.165, 1.54) is 5.69 Å². The van der Waals surface area contributed by atoms with Crippen molar-refractivity contribution in [1.82, 2.24) is 5.32 Å². The van der Waals surface area contributed by atoms with Crippen LogP contribution in [0.15, 0.2) is 22.7 Å². The predicted octanol–water partition coefficient (Wildman–Crippen LogP) is 3.29. The molecule has 2 unspecified atom stereocenters. The molecule has 102 valence electrons. The molecule has 0 aromatic heterocycles. The van der Waals surface area contributed by atoms with Crippen LogP contribution in [0.2, 0.25) is 0 Å². The molecule has 1 saturated heterocycles. The van der Waals surface area contributed by atoms with E-state index in [2.05, 4.69) is 58.2 Å². The average Bonchev–Trinajstić information content (AvgIpc) is 2.46. The van der Waals surface area contributed by atoms with Gasteiger partial charge in [0.05, 0.1) is 5.56 Å². The Morgan fingerprint density at radius 3 is 2.79 bits per heavy atom. The van der Waals surface area contributed by atoms with Crippen LogP contribution in [-0.4, -0.2) is 25.2 Å². The number of piperazine rings is 1. The van der Waals surface area contributed by atoms with Crippen molar-refractivity contribution in [1.29, 1.82) is 5.26 Å². The molecule has 1 heterocycles. The summed E-state index contributed by atoms with van der Waals surface area (Å²) in [6.07, 6.45) is 2.27. The summed E-state index contributed by atoms with van der Waals surface area (Å²) in [5, 5.41) is 12.6. The first-order chi connectivity index (χ1) is 9.19. The lowest BCUT2D eigenvalue weighted by molar-refractivity contribution is 0.379. The third-order valence-corrected chi connectivity index (χ3v) is 4.52. The van der Waals surface area contributed by atoms with Gasteiger partial charge in [-0.3, -0.25) is 0 Å². The first kappa shape index (κ1) is 14.4. The van der Waals surface area contributed by atoms with Crippen LogP contribution >= 0.6 is 15.9 Å². The minimum Gasteiger partial charge on any atom is -0.366 e. The van der Waals surface area contributed by atoms with Gasteiger partial charge in [0.15, 0.2) is 0 Å². The highest BCUT2D eigenvalue weighted by atomic mass is 79.9. The monoisotopic (exact) mass is 321 g/mol. The molecule has 0 spiro atoms. The summed E-state index contributed by atoms with van der Waals surface area (Å²) in [4.78, 5) is 2.47. The molecule has 0 aliphatic carbocycles. The van der Waals surface area contributed by atoms with E-state index in [0.717, 1.165) is 30.4 Å². The summed E-state index contributed by atoms with van der Waals surface area (Å²) in [7, 11) is 0. The first-order valence-corrected chi connectivity index (χ1v) is 7.68. The maximum Gasteiger partial charge on any atom is 0.100 e. The van der Waals surface area contributed by atoms with Crippen LogP contribution in [-0.2, 0) is 0 Å². The highest BCUT2D eigenvalue weighted by molar-refractivity contribution is 9.10. The normalized spacial score (nSPS) is 23.2. The fourth-order valence-electron chi connectivity index (χ4n) is 2.59. The SMILES string of the molecule is CCC1CN(c2ccc(C#N)c(Br)c2)C(CC)CN1. The van der Waals surface area contributed by atoms with Gasteiger partial charge in [0, 0.05) is 35.3 Å². The minimum atomic E-state index is 0.530. The first-order valence-electron chi connectivity index (χ1n) is 6.89. The van der Waals surface area contributed by atoms with Gasteiger partial charge in [-0.05, 0) is 47.0 Å². The average molecular weight is 322 g/mol. The Balaban J connectivity index is 2.26. The summed E-state index contributed by atoms with van der Waals surface area (Å²) >= 11 is 3.48.